The van der Waals surface area contributed by atoms with Crippen LogP contribution in [0.1, 0.15) is 46.5 Å². The predicted molar refractivity (Wildman–Crippen MR) is 64.3 cm³/mol. The number of nitrogens with one attached hydrogen (secondary N) is 1. The van der Waals surface area contributed by atoms with E-state index >= 15 is 0 Å². The molecule has 16 heavy (non-hydrogen) atoms. The van der Waals surface area contributed by atoms with Gasteiger partial charge in [-0.15, -0.1) is 5.73 Å². The minimum Gasteiger partial charge on any atom is -0.444 e. The van der Waals surface area contributed by atoms with Crippen molar-refractivity contribution in [2.75, 3.05) is 0 Å². The van der Waals surface area contributed by atoms with Crippen molar-refractivity contribution in [3.63, 3.8) is 0 Å². The van der Waals surface area contributed by atoms with Gasteiger partial charge in [0, 0.05) is 0 Å². The van der Waals surface area contributed by atoms with Gasteiger partial charge in [-0.25, -0.2) is 4.79 Å². The Hall–Kier alpha value is -1.21. The Morgan fingerprint density at radius 1 is 1.56 bits per heavy atom. The van der Waals surface area contributed by atoms with Gasteiger partial charge in [-0.3, -0.25) is 0 Å². The summed E-state index contributed by atoms with van der Waals surface area (Å²) in [4.78, 5) is 11.1. The molecule has 0 aromatic rings. The van der Waals surface area contributed by atoms with Gasteiger partial charge in [0.05, 0.1) is 0 Å². The summed E-state index contributed by atoms with van der Waals surface area (Å²) in [6.45, 7) is 6.01. The molecule has 1 aliphatic rings. The first-order valence-electron chi connectivity index (χ1n) is 5.99. The molecule has 0 aromatic heterocycles. The highest BCUT2D eigenvalue weighted by atomic mass is 16.6. The second kappa shape index (κ2) is 5.76. The zero-order valence-electron chi connectivity index (χ0n) is 10.4. The number of ether oxygens (including phenoxy) is 1. The van der Waals surface area contributed by atoms with Crippen LogP contribution < -0.4 is 5.32 Å². The van der Waals surface area contributed by atoms with E-state index in [-0.39, 0.29) is 12.2 Å². The smallest absolute Gasteiger partial charge is 0.408 e. The van der Waals surface area contributed by atoms with Crippen molar-refractivity contribution < 1.29 is 9.53 Å². The Morgan fingerprint density at radius 3 is 2.88 bits per heavy atom. The van der Waals surface area contributed by atoms with Crippen LogP contribution in [0.3, 0.4) is 0 Å². The summed E-state index contributed by atoms with van der Waals surface area (Å²) in [5.74, 6) is 0. The highest BCUT2D eigenvalue weighted by Gasteiger charge is 2.39. The molecule has 1 aliphatic heterocycles. The molecular formula is C13H21NO2. The fraction of sp³-hybridized carbons (Fsp3) is 0.692. The maximum absolute atomic E-state index is 11.1. The van der Waals surface area contributed by atoms with Crippen LogP contribution >= 0.6 is 0 Å². The molecule has 2 atom stereocenters. The maximum atomic E-state index is 11.1. The molecule has 2 unspecified atom stereocenters. The molecule has 0 bridgehead atoms. The number of carbonyl (C=O) groups is 1. The first kappa shape index (κ1) is 12.9. The third-order valence-electron chi connectivity index (χ3n) is 2.95. The predicted octanol–water partition coefficient (Wildman–Crippen LogP) is 3.17. The molecule has 1 N–H and O–H groups in total. The number of rotatable bonds is 5. The average molecular weight is 223 g/mol. The summed E-state index contributed by atoms with van der Waals surface area (Å²) in [6.07, 6.45) is 8.15. The molecule has 0 saturated carbocycles. The number of carbonyl (C=O) groups excluding carboxylic acids is 1. The van der Waals surface area contributed by atoms with Crippen molar-refractivity contribution >= 4 is 6.09 Å². The molecule has 1 fully saturated rings. The Morgan fingerprint density at radius 2 is 2.31 bits per heavy atom. The van der Waals surface area contributed by atoms with Crippen LogP contribution in [0.5, 0.6) is 0 Å². The van der Waals surface area contributed by atoms with Gasteiger partial charge >= 0.3 is 6.09 Å². The first-order valence-corrected chi connectivity index (χ1v) is 5.99. The number of hydrogen-bond donors (Lipinski definition) is 1. The lowest BCUT2D eigenvalue weighted by molar-refractivity contribution is 0.134. The summed E-state index contributed by atoms with van der Waals surface area (Å²) in [7, 11) is 0. The van der Waals surface area contributed by atoms with Crippen molar-refractivity contribution in [3.05, 3.63) is 17.9 Å². The molecule has 1 saturated heterocycles. The van der Waals surface area contributed by atoms with Gasteiger partial charge in [-0.2, -0.15) is 0 Å². The van der Waals surface area contributed by atoms with Crippen molar-refractivity contribution in [1.82, 2.24) is 5.32 Å². The molecule has 0 radical (unpaired) electrons. The van der Waals surface area contributed by atoms with Gasteiger partial charge in [-0.1, -0.05) is 19.8 Å². The number of hydrogen-bond acceptors (Lipinski definition) is 2. The molecule has 90 valence electrons. The average Bonchev–Trinajstić information content (AvgIpc) is 2.47. The van der Waals surface area contributed by atoms with Gasteiger partial charge in [-0.05, 0) is 38.8 Å². The molecule has 0 aliphatic carbocycles. The van der Waals surface area contributed by atoms with E-state index in [4.69, 9.17) is 4.74 Å². The SMILES string of the molecule is CCCCCC=C=CC1(C)NC(=O)OC1C. The van der Waals surface area contributed by atoms with Crippen LogP contribution in [0.4, 0.5) is 4.79 Å². The number of amides is 1. The van der Waals surface area contributed by atoms with E-state index in [1.807, 2.05) is 26.0 Å². The van der Waals surface area contributed by atoms with Gasteiger partial charge in [0.15, 0.2) is 0 Å². The molecule has 0 spiro atoms. The minimum absolute atomic E-state index is 0.142. The Labute approximate surface area is 97.6 Å². The fourth-order valence-corrected chi connectivity index (χ4v) is 1.60. The Bertz CT molecular complexity index is 305. The first-order chi connectivity index (χ1) is 7.58. The second-order valence-corrected chi connectivity index (χ2v) is 4.47. The second-order valence-electron chi connectivity index (χ2n) is 4.47. The van der Waals surface area contributed by atoms with E-state index < -0.39 is 5.54 Å². The van der Waals surface area contributed by atoms with Gasteiger partial charge < -0.3 is 10.1 Å². The van der Waals surface area contributed by atoms with Crippen LogP contribution in [0, 0.1) is 0 Å². The zero-order valence-corrected chi connectivity index (χ0v) is 10.4. The quantitative estimate of drug-likeness (QED) is 0.574. The number of unbranched alkanes of at least 4 members (excludes halogenated alkanes) is 3. The lowest BCUT2D eigenvalue weighted by atomic mass is 9.97. The monoisotopic (exact) mass is 223 g/mol. The summed E-state index contributed by atoms with van der Waals surface area (Å²) < 4.78 is 5.04. The third-order valence-corrected chi connectivity index (χ3v) is 2.95. The summed E-state index contributed by atoms with van der Waals surface area (Å²) >= 11 is 0. The number of cyclic esters (lactones) is 1. The van der Waals surface area contributed by atoms with E-state index in [0.717, 1.165) is 6.42 Å². The van der Waals surface area contributed by atoms with Crippen LogP contribution in [-0.2, 0) is 4.74 Å². The zero-order chi connectivity index (χ0) is 12.0. The largest absolute Gasteiger partial charge is 0.444 e. The summed E-state index contributed by atoms with van der Waals surface area (Å²) in [5, 5.41) is 2.78. The molecule has 3 heteroatoms. The van der Waals surface area contributed by atoms with Gasteiger partial charge in [0.25, 0.3) is 0 Å². The Kier molecular flexibility index (Phi) is 4.63. The fourth-order valence-electron chi connectivity index (χ4n) is 1.60. The lowest BCUT2D eigenvalue weighted by Crippen LogP contribution is -2.42. The Balaban J connectivity index is 2.46. The minimum atomic E-state index is -0.418. The molecule has 0 aromatic carbocycles. The standard InChI is InChI=1S/C13H21NO2/c1-4-5-6-7-8-9-10-13(3)11(2)16-12(15)14-13/h8,10-11H,4-7H2,1-3H3,(H,14,15). The molecule has 1 heterocycles. The van der Waals surface area contributed by atoms with E-state index in [0.29, 0.717) is 0 Å². The van der Waals surface area contributed by atoms with Crippen molar-refractivity contribution in [3.8, 4) is 0 Å². The molecular weight excluding hydrogens is 202 g/mol. The topological polar surface area (TPSA) is 38.3 Å². The van der Waals surface area contributed by atoms with Crippen LogP contribution in [0.15, 0.2) is 17.9 Å². The maximum Gasteiger partial charge on any atom is 0.408 e. The van der Waals surface area contributed by atoms with Crippen LogP contribution in [-0.4, -0.2) is 17.7 Å². The van der Waals surface area contributed by atoms with Crippen molar-refractivity contribution in [1.29, 1.82) is 0 Å². The van der Waals surface area contributed by atoms with Crippen LogP contribution in [0.25, 0.3) is 0 Å². The normalized spacial score (nSPS) is 27.9. The van der Waals surface area contributed by atoms with Gasteiger partial charge in [0.1, 0.15) is 11.6 Å². The molecule has 1 rings (SSSR count). The van der Waals surface area contributed by atoms with Gasteiger partial charge in [0.2, 0.25) is 0 Å². The van der Waals surface area contributed by atoms with Crippen molar-refractivity contribution in [2.24, 2.45) is 0 Å². The summed E-state index contributed by atoms with van der Waals surface area (Å²) in [6, 6.07) is 0. The van der Waals surface area contributed by atoms with E-state index in [9.17, 15) is 4.79 Å². The number of alkyl carbamates (subject to hydrolysis) is 1. The van der Waals surface area contributed by atoms with E-state index in [2.05, 4.69) is 18.0 Å². The highest BCUT2D eigenvalue weighted by Crippen LogP contribution is 2.21. The molecule has 1 amide bonds. The van der Waals surface area contributed by atoms with E-state index in [1.165, 1.54) is 19.3 Å². The lowest BCUT2D eigenvalue weighted by Gasteiger charge is -2.20. The third kappa shape index (κ3) is 3.42. The molecule has 3 nitrogen and oxygen atoms in total. The summed E-state index contributed by atoms with van der Waals surface area (Å²) in [5.41, 5.74) is 2.71. The highest BCUT2D eigenvalue weighted by molar-refractivity contribution is 5.71. The van der Waals surface area contributed by atoms with Crippen LogP contribution in [0.2, 0.25) is 0 Å². The van der Waals surface area contributed by atoms with Crippen molar-refractivity contribution in [2.45, 2.75) is 58.1 Å². The van der Waals surface area contributed by atoms with E-state index in [1.54, 1.807) is 0 Å².